The molecule has 0 unspecified atom stereocenters. The van der Waals surface area contributed by atoms with Crippen molar-refractivity contribution in [3.63, 3.8) is 0 Å². The minimum Gasteiger partial charge on any atom is -0.854 e. The molecule has 0 rings (SSSR count). The standard InChI is InChI=1S/C18H37.2C4H9O.Bi/c1-3-5-7-9-11-13-15-17-18-16-14-12-10-8-6-4-2;2*1-2-3-4-5;/h1,3-18H2,2H3;2*2-4H2,1H3;/q;2*-1;+2. The van der Waals surface area contributed by atoms with E-state index in [1.54, 1.807) is 24.7 Å². The van der Waals surface area contributed by atoms with Crippen LogP contribution in [0.3, 0.4) is 0 Å². The predicted octanol–water partition coefficient (Wildman–Crippen LogP) is 7.13. The van der Waals surface area contributed by atoms with Gasteiger partial charge in [-0.1, -0.05) is 78.6 Å². The van der Waals surface area contributed by atoms with Crippen LogP contribution in [0.4, 0.5) is 0 Å². The Hall–Kier alpha value is 0.803. The molecule has 0 bridgehead atoms. The van der Waals surface area contributed by atoms with Crippen molar-refractivity contribution in [2.45, 2.75) is 153 Å². The van der Waals surface area contributed by atoms with Crippen LogP contribution in [0.2, 0.25) is 4.13 Å². The third kappa shape index (κ3) is 47.8. The Kier molecular flexibility index (Phi) is 46.6. The van der Waals surface area contributed by atoms with Crippen molar-refractivity contribution in [2.24, 2.45) is 0 Å². The Morgan fingerprint density at radius 3 is 0.793 bits per heavy atom. The van der Waals surface area contributed by atoms with Gasteiger partial charge in [-0.05, 0) is 0 Å². The third-order valence-corrected chi connectivity index (χ3v) is 6.24. The van der Waals surface area contributed by atoms with Gasteiger partial charge in [0.2, 0.25) is 0 Å². The van der Waals surface area contributed by atoms with E-state index in [4.69, 9.17) is 0 Å². The first-order valence-corrected chi connectivity index (χ1v) is 15.5. The van der Waals surface area contributed by atoms with E-state index in [9.17, 15) is 10.2 Å². The minimum atomic E-state index is 0.0938. The van der Waals surface area contributed by atoms with Gasteiger partial charge in [0.05, 0.1) is 0 Å². The molecule has 29 heavy (non-hydrogen) atoms. The first-order chi connectivity index (χ1) is 14.2. The maximum Gasteiger partial charge on any atom is -0.0575 e. The fraction of sp³-hybridized carbons (Fsp3) is 1.00. The average Bonchev–Trinajstić information content (AvgIpc) is 2.73. The topological polar surface area (TPSA) is 46.1 Å². The van der Waals surface area contributed by atoms with Crippen LogP contribution in [-0.4, -0.2) is 37.9 Å². The molecule has 0 amide bonds. The maximum atomic E-state index is 9.53. The summed E-state index contributed by atoms with van der Waals surface area (Å²) >= 11 is 1.59. The molecule has 0 spiro atoms. The fourth-order valence-corrected chi connectivity index (χ4v) is 3.82. The molecule has 3 heteroatoms. The van der Waals surface area contributed by atoms with Gasteiger partial charge < -0.3 is 10.2 Å². The zero-order valence-corrected chi connectivity index (χ0v) is 24.0. The summed E-state index contributed by atoms with van der Waals surface area (Å²) in [4.78, 5) is 0. The van der Waals surface area contributed by atoms with Gasteiger partial charge in [0.25, 0.3) is 0 Å². The molecule has 0 N–H and O–H groups in total. The van der Waals surface area contributed by atoms with Crippen LogP contribution in [0.5, 0.6) is 0 Å². The molecule has 0 aliphatic carbocycles. The summed E-state index contributed by atoms with van der Waals surface area (Å²) in [6, 6.07) is 0. The molecule has 0 saturated carbocycles. The maximum absolute atomic E-state index is 9.53. The van der Waals surface area contributed by atoms with Crippen LogP contribution in [0, 0.1) is 0 Å². The van der Waals surface area contributed by atoms with Gasteiger partial charge in [-0.15, -0.1) is 13.2 Å². The second-order valence-electron chi connectivity index (χ2n) is 8.14. The van der Waals surface area contributed by atoms with Gasteiger partial charge in [-0.25, -0.2) is 0 Å². The summed E-state index contributed by atoms with van der Waals surface area (Å²) in [6.45, 7) is 6.51. The van der Waals surface area contributed by atoms with Gasteiger partial charge >= 0.3 is 99.5 Å². The summed E-state index contributed by atoms with van der Waals surface area (Å²) in [5, 5.41) is 19.1. The molecule has 0 aliphatic heterocycles. The Labute approximate surface area is 200 Å². The van der Waals surface area contributed by atoms with Gasteiger partial charge in [0.1, 0.15) is 0 Å². The summed E-state index contributed by atoms with van der Waals surface area (Å²) in [5.41, 5.74) is 0. The number of hydrogen-bond donors (Lipinski definition) is 0. The van der Waals surface area contributed by atoms with Crippen LogP contribution >= 0.6 is 0 Å². The molecule has 0 aromatic heterocycles. The van der Waals surface area contributed by atoms with Gasteiger partial charge in [0, 0.05) is 0 Å². The van der Waals surface area contributed by atoms with Gasteiger partial charge in [-0.3, -0.25) is 0 Å². The predicted molar refractivity (Wildman–Crippen MR) is 130 cm³/mol. The number of hydrogen-bond acceptors (Lipinski definition) is 2. The van der Waals surface area contributed by atoms with Crippen molar-refractivity contribution in [1.82, 2.24) is 0 Å². The van der Waals surface area contributed by atoms with Crippen molar-refractivity contribution in [2.75, 3.05) is 13.2 Å². The van der Waals surface area contributed by atoms with E-state index in [0.717, 1.165) is 25.7 Å². The molecule has 0 fully saturated rings. The molecule has 0 aromatic carbocycles. The molecule has 0 aliphatic rings. The molecule has 2 nitrogen and oxygen atoms in total. The van der Waals surface area contributed by atoms with Crippen molar-refractivity contribution in [3.05, 3.63) is 0 Å². The van der Waals surface area contributed by atoms with Crippen molar-refractivity contribution in [3.8, 4) is 0 Å². The van der Waals surface area contributed by atoms with Gasteiger partial charge in [0.15, 0.2) is 0 Å². The normalized spacial score (nSPS) is 10.1. The Morgan fingerprint density at radius 2 is 0.621 bits per heavy atom. The minimum absolute atomic E-state index is 0.0938. The van der Waals surface area contributed by atoms with Crippen molar-refractivity contribution < 1.29 is 10.2 Å². The molecular weight excluding hydrogens is 553 g/mol. The van der Waals surface area contributed by atoms with Crippen LogP contribution < -0.4 is 10.2 Å². The van der Waals surface area contributed by atoms with E-state index >= 15 is 0 Å². The molecule has 0 saturated heterocycles. The van der Waals surface area contributed by atoms with E-state index in [1.165, 1.54) is 107 Å². The smallest absolute Gasteiger partial charge is 0.0575 e. The zero-order chi connectivity index (χ0) is 22.3. The number of unbranched alkanes of at least 4 members (excludes halogenated alkanes) is 17. The van der Waals surface area contributed by atoms with Crippen molar-refractivity contribution >= 4 is 24.7 Å². The van der Waals surface area contributed by atoms with E-state index < -0.39 is 0 Å². The van der Waals surface area contributed by atoms with E-state index in [2.05, 4.69) is 6.92 Å². The summed E-state index contributed by atoms with van der Waals surface area (Å²) < 4.78 is 1.48. The third-order valence-electron chi connectivity index (χ3n) is 5.01. The second kappa shape index (κ2) is 39.3. The Balaban J connectivity index is -0.000000555. The molecule has 0 aromatic rings. The molecule has 0 heterocycles. The summed E-state index contributed by atoms with van der Waals surface area (Å²) in [6.07, 6.45) is 27.4. The van der Waals surface area contributed by atoms with Crippen LogP contribution in [-0.2, 0) is 0 Å². The van der Waals surface area contributed by atoms with Crippen LogP contribution in [0.25, 0.3) is 0 Å². The van der Waals surface area contributed by atoms with E-state index in [0.29, 0.717) is 0 Å². The van der Waals surface area contributed by atoms with E-state index in [1.807, 2.05) is 13.8 Å². The van der Waals surface area contributed by atoms with Crippen molar-refractivity contribution in [1.29, 1.82) is 0 Å². The Bertz CT molecular complexity index is 199. The quantitative estimate of drug-likeness (QED) is 0.109. The molecule has 176 valence electrons. The fourth-order valence-electron chi connectivity index (χ4n) is 2.95. The van der Waals surface area contributed by atoms with E-state index in [-0.39, 0.29) is 13.2 Å². The van der Waals surface area contributed by atoms with Crippen LogP contribution in [0.15, 0.2) is 0 Å². The SMILES string of the molecule is CCCCCCCCCCCCCCCCC[CH2][Bi+2].CCCC[O-].CCCC[O-]. The first kappa shape index (κ1) is 34.4. The largest absolute Gasteiger partial charge is 0.854 e. The average molecular weight is 609 g/mol. The van der Waals surface area contributed by atoms with Crippen LogP contribution in [0.1, 0.15) is 149 Å². The monoisotopic (exact) mass is 608 g/mol. The summed E-state index contributed by atoms with van der Waals surface area (Å²) in [7, 11) is 0. The number of rotatable bonds is 20. The first-order valence-electron chi connectivity index (χ1n) is 13.0. The second-order valence-corrected chi connectivity index (χ2v) is 9.88. The van der Waals surface area contributed by atoms with Gasteiger partial charge in [-0.2, -0.15) is 0 Å². The zero-order valence-electron chi connectivity index (χ0n) is 20.5. The molecule has 0 atom stereocenters. The molecule has 2 radical (unpaired) electrons. The Morgan fingerprint density at radius 1 is 0.379 bits per heavy atom. The summed E-state index contributed by atoms with van der Waals surface area (Å²) in [5.74, 6) is 0. The molecular formula is C26H55BiO2.